The highest BCUT2D eigenvalue weighted by molar-refractivity contribution is 6.08. The number of carbonyl (C=O) groups is 2. The first-order valence-electron chi connectivity index (χ1n) is 11.8. The van der Waals surface area contributed by atoms with Gasteiger partial charge in [-0.25, -0.2) is 9.97 Å². The molecule has 36 heavy (non-hydrogen) atoms. The second kappa shape index (κ2) is 9.61. The van der Waals surface area contributed by atoms with Gasteiger partial charge >= 0.3 is 0 Å². The Hall–Kier alpha value is -4.53. The molecule has 1 amide bonds. The SMILES string of the molecule is CC(C)/C=C/C(=O)N1CCN(c2nc(-c3ccc(C(=O)c4ccccn4)cc3)c3c(N)nccn23)C1. The lowest BCUT2D eigenvalue weighted by Crippen LogP contribution is -2.30. The molecule has 5 rings (SSSR count). The lowest BCUT2D eigenvalue weighted by Gasteiger charge is -2.17. The van der Waals surface area contributed by atoms with Crippen LogP contribution < -0.4 is 10.6 Å². The summed E-state index contributed by atoms with van der Waals surface area (Å²) in [7, 11) is 0. The Morgan fingerprint density at radius 1 is 1.03 bits per heavy atom. The zero-order valence-corrected chi connectivity index (χ0v) is 20.2. The Bertz CT molecular complexity index is 1440. The summed E-state index contributed by atoms with van der Waals surface area (Å²) in [6, 6.07) is 12.5. The van der Waals surface area contributed by atoms with Crippen LogP contribution in [0.2, 0.25) is 0 Å². The summed E-state index contributed by atoms with van der Waals surface area (Å²) in [6.45, 7) is 5.77. The van der Waals surface area contributed by atoms with Gasteiger partial charge < -0.3 is 15.5 Å². The molecule has 4 aromatic rings. The van der Waals surface area contributed by atoms with Crippen LogP contribution >= 0.6 is 0 Å². The summed E-state index contributed by atoms with van der Waals surface area (Å²) < 4.78 is 1.91. The predicted octanol–water partition coefficient (Wildman–Crippen LogP) is 3.42. The largest absolute Gasteiger partial charge is 0.382 e. The molecule has 2 N–H and O–H groups in total. The molecule has 1 fully saturated rings. The third-order valence-corrected chi connectivity index (χ3v) is 6.08. The van der Waals surface area contributed by atoms with E-state index < -0.39 is 0 Å². The number of amides is 1. The van der Waals surface area contributed by atoms with Crippen LogP contribution in [0.4, 0.5) is 11.8 Å². The Kier molecular flexibility index (Phi) is 6.20. The number of nitrogens with zero attached hydrogens (tertiary/aromatic N) is 6. The zero-order chi connectivity index (χ0) is 25.2. The second-order valence-electron chi connectivity index (χ2n) is 9.02. The van der Waals surface area contributed by atoms with Gasteiger partial charge in [0.25, 0.3) is 0 Å². The van der Waals surface area contributed by atoms with Crippen molar-refractivity contribution in [2.45, 2.75) is 13.8 Å². The molecule has 1 aliphatic heterocycles. The van der Waals surface area contributed by atoms with E-state index in [0.29, 0.717) is 59.9 Å². The first-order chi connectivity index (χ1) is 17.4. The fraction of sp³-hybridized carbons (Fsp3) is 0.222. The minimum Gasteiger partial charge on any atom is -0.382 e. The van der Waals surface area contributed by atoms with Gasteiger partial charge in [-0.1, -0.05) is 50.3 Å². The number of hydrogen-bond donors (Lipinski definition) is 1. The average molecular weight is 482 g/mol. The highest BCUT2D eigenvalue weighted by Gasteiger charge is 2.28. The van der Waals surface area contributed by atoms with E-state index in [9.17, 15) is 9.59 Å². The first kappa shape index (κ1) is 23.2. The van der Waals surface area contributed by atoms with Crippen LogP contribution in [-0.4, -0.2) is 55.7 Å². The van der Waals surface area contributed by atoms with E-state index in [2.05, 4.69) is 14.9 Å². The van der Waals surface area contributed by atoms with Crippen LogP contribution in [0.1, 0.15) is 29.9 Å². The molecule has 0 bridgehead atoms. The number of hydrogen-bond acceptors (Lipinski definition) is 7. The van der Waals surface area contributed by atoms with Crippen LogP contribution in [0.3, 0.4) is 0 Å². The smallest absolute Gasteiger partial charge is 0.247 e. The lowest BCUT2D eigenvalue weighted by molar-refractivity contribution is -0.124. The first-order valence-corrected chi connectivity index (χ1v) is 11.8. The number of rotatable bonds is 6. The predicted molar refractivity (Wildman–Crippen MR) is 138 cm³/mol. The Balaban J connectivity index is 1.46. The molecular weight excluding hydrogens is 454 g/mol. The maximum absolute atomic E-state index is 12.8. The van der Waals surface area contributed by atoms with E-state index in [1.165, 1.54) is 0 Å². The molecule has 4 heterocycles. The van der Waals surface area contributed by atoms with E-state index in [4.69, 9.17) is 10.7 Å². The van der Waals surface area contributed by atoms with Crippen LogP contribution in [0.15, 0.2) is 73.2 Å². The van der Waals surface area contributed by atoms with Gasteiger partial charge in [-0.05, 0) is 24.1 Å². The molecule has 9 nitrogen and oxygen atoms in total. The molecule has 0 aliphatic carbocycles. The molecule has 0 saturated carbocycles. The number of ketones is 1. The highest BCUT2D eigenvalue weighted by atomic mass is 16.2. The molecule has 182 valence electrons. The number of carbonyl (C=O) groups excluding carboxylic acids is 2. The van der Waals surface area contributed by atoms with E-state index in [-0.39, 0.29) is 11.7 Å². The summed E-state index contributed by atoms with van der Waals surface area (Å²) in [5, 5.41) is 0. The van der Waals surface area contributed by atoms with Crippen LogP contribution in [0, 0.1) is 5.92 Å². The van der Waals surface area contributed by atoms with E-state index >= 15 is 0 Å². The molecular formula is C27H27N7O2. The Labute approximate surface area is 208 Å². The normalized spacial score (nSPS) is 13.9. The van der Waals surface area contributed by atoms with Gasteiger partial charge in [0.2, 0.25) is 17.6 Å². The molecule has 3 aromatic heterocycles. The third kappa shape index (κ3) is 4.43. The number of anilines is 2. The van der Waals surface area contributed by atoms with E-state index in [1.807, 2.05) is 42.7 Å². The summed E-state index contributed by atoms with van der Waals surface area (Å²) in [5.74, 6) is 1.19. The summed E-state index contributed by atoms with van der Waals surface area (Å²) >= 11 is 0. The number of imidazole rings is 1. The van der Waals surface area contributed by atoms with Crippen molar-refractivity contribution in [3.05, 3.63) is 84.5 Å². The number of pyridine rings is 1. The highest BCUT2D eigenvalue weighted by Crippen LogP contribution is 2.32. The summed E-state index contributed by atoms with van der Waals surface area (Å²) in [6.07, 6.45) is 8.60. The number of allylic oxidation sites excluding steroid dienone is 1. The quantitative estimate of drug-likeness (QED) is 0.332. The van der Waals surface area contributed by atoms with Crippen molar-refractivity contribution < 1.29 is 9.59 Å². The number of benzene rings is 1. The summed E-state index contributed by atoms with van der Waals surface area (Å²) in [4.78, 5) is 42.5. The van der Waals surface area contributed by atoms with Gasteiger partial charge in [0.1, 0.15) is 22.7 Å². The van der Waals surface area contributed by atoms with E-state index in [1.54, 1.807) is 53.7 Å². The number of fused-ring (bicyclic) bond motifs is 1. The van der Waals surface area contributed by atoms with Crippen molar-refractivity contribution in [1.82, 2.24) is 24.3 Å². The van der Waals surface area contributed by atoms with Crippen molar-refractivity contribution in [2.24, 2.45) is 5.92 Å². The van der Waals surface area contributed by atoms with Gasteiger partial charge in [-0.15, -0.1) is 0 Å². The van der Waals surface area contributed by atoms with Crippen LogP contribution in [-0.2, 0) is 4.79 Å². The minimum atomic E-state index is -0.146. The zero-order valence-electron chi connectivity index (χ0n) is 20.2. The average Bonchev–Trinajstić information content (AvgIpc) is 3.53. The van der Waals surface area contributed by atoms with E-state index in [0.717, 1.165) is 5.56 Å². The molecule has 1 saturated heterocycles. The molecule has 0 spiro atoms. The summed E-state index contributed by atoms with van der Waals surface area (Å²) in [5.41, 5.74) is 9.36. The van der Waals surface area contributed by atoms with Gasteiger partial charge in [0, 0.05) is 42.8 Å². The van der Waals surface area contributed by atoms with Crippen LogP contribution in [0.25, 0.3) is 16.8 Å². The second-order valence-corrected chi connectivity index (χ2v) is 9.02. The fourth-order valence-corrected chi connectivity index (χ4v) is 4.21. The molecule has 1 aromatic carbocycles. The van der Waals surface area contributed by atoms with Gasteiger partial charge in [-0.2, -0.15) is 0 Å². The van der Waals surface area contributed by atoms with Crippen molar-refractivity contribution in [3.63, 3.8) is 0 Å². The van der Waals surface area contributed by atoms with Gasteiger partial charge in [0.05, 0.1) is 6.67 Å². The molecule has 0 radical (unpaired) electrons. The molecule has 0 unspecified atom stereocenters. The number of aromatic nitrogens is 4. The lowest BCUT2D eigenvalue weighted by atomic mass is 10.0. The maximum atomic E-state index is 12.8. The third-order valence-electron chi connectivity index (χ3n) is 6.08. The van der Waals surface area contributed by atoms with Crippen LogP contribution in [0.5, 0.6) is 0 Å². The fourth-order valence-electron chi connectivity index (χ4n) is 4.21. The van der Waals surface area contributed by atoms with Gasteiger partial charge in [-0.3, -0.25) is 19.0 Å². The Morgan fingerprint density at radius 2 is 1.83 bits per heavy atom. The molecule has 9 heteroatoms. The maximum Gasteiger partial charge on any atom is 0.247 e. The van der Waals surface area contributed by atoms with Crippen molar-refractivity contribution >= 4 is 29.0 Å². The van der Waals surface area contributed by atoms with Crippen molar-refractivity contribution in [2.75, 3.05) is 30.4 Å². The van der Waals surface area contributed by atoms with Crippen molar-refractivity contribution in [3.8, 4) is 11.3 Å². The minimum absolute atomic E-state index is 0.0124. The molecule has 0 atom stereocenters. The number of nitrogen functional groups attached to an aromatic ring is 1. The monoisotopic (exact) mass is 481 g/mol. The van der Waals surface area contributed by atoms with Gasteiger partial charge in [0.15, 0.2) is 0 Å². The topological polar surface area (TPSA) is 110 Å². The Morgan fingerprint density at radius 3 is 2.56 bits per heavy atom. The molecule has 1 aliphatic rings. The number of nitrogens with two attached hydrogens (primary N) is 1. The van der Waals surface area contributed by atoms with Crippen molar-refractivity contribution in [1.29, 1.82) is 0 Å². The standard InChI is InChI=1S/C27H27N7O2/c1-18(2)6-11-22(35)32-15-16-33(17-32)27-31-23(24-26(28)30-13-14-34(24)27)19-7-9-20(10-8-19)25(36)21-5-3-4-12-29-21/h3-14,18H,15-17H2,1-2H3,(H2,28,30)/b11-6+.